The Balaban J connectivity index is 1.77. The van der Waals surface area contributed by atoms with Gasteiger partial charge in [-0.3, -0.25) is 9.69 Å². The molecule has 23 heavy (non-hydrogen) atoms. The second kappa shape index (κ2) is 7.12. The van der Waals surface area contributed by atoms with E-state index in [-0.39, 0.29) is 18.3 Å². The molecule has 1 fully saturated rings. The van der Waals surface area contributed by atoms with Crippen molar-refractivity contribution >= 4 is 17.5 Å². The minimum atomic E-state index is 0.0253. The summed E-state index contributed by atoms with van der Waals surface area (Å²) in [6.07, 6.45) is 4.34. The van der Waals surface area contributed by atoms with Crippen molar-refractivity contribution in [2.24, 2.45) is 5.92 Å². The minimum Gasteiger partial charge on any atom is -0.463 e. The second-order valence-electron chi connectivity index (χ2n) is 6.16. The van der Waals surface area contributed by atoms with Crippen LogP contribution in [0.4, 0.5) is 11.6 Å². The van der Waals surface area contributed by atoms with E-state index in [9.17, 15) is 4.79 Å². The van der Waals surface area contributed by atoms with Gasteiger partial charge in [-0.25, -0.2) is 0 Å². The topological polar surface area (TPSA) is 90.6 Å². The lowest BCUT2D eigenvalue weighted by atomic mass is 10.0. The highest BCUT2D eigenvalue weighted by atomic mass is 16.5. The Morgan fingerprint density at radius 3 is 3.04 bits per heavy atom. The van der Waals surface area contributed by atoms with Crippen molar-refractivity contribution in [1.29, 1.82) is 0 Å². The summed E-state index contributed by atoms with van der Waals surface area (Å²) in [5.74, 6) is 1.33. The summed E-state index contributed by atoms with van der Waals surface area (Å²) in [6, 6.07) is 0.259. The molecule has 126 valence electrons. The Labute approximate surface area is 136 Å². The molecule has 1 unspecified atom stereocenters. The van der Waals surface area contributed by atoms with Gasteiger partial charge < -0.3 is 15.2 Å². The van der Waals surface area contributed by atoms with Crippen LogP contribution in [0.1, 0.15) is 38.2 Å². The normalized spacial score (nSPS) is 20.7. The lowest BCUT2D eigenvalue weighted by Crippen LogP contribution is -2.36. The van der Waals surface area contributed by atoms with Crippen LogP contribution in [0.25, 0.3) is 0 Å². The number of ether oxygens (including phenoxy) is 2. The maximum Gasteiger partial charge on any atom is 0.320 e. The maximum atomic E-state index is 12.3. The van der Waals surface area contributed by atoms with E-state index in [2.05, 4.69) is 16.9 Å². The molecule has 2 aliphatic rings. The molecule has 0 aromatic carbocycles. The van der Waals surface area contributed by atoms with Gasteiger partial charge >= 0.3 is 6.01 Å². The molecule has 1 saturated heterocycles. The van der Waals surface area contributed by atoms with E-state index < -0.39 is 0 Å². The van der Waals surface area contributed by atoms with E-state index in [1.54, 1.807) is 4.90 Å². The zero-order valence-corrected chi connectivity index (χ0v) is 13.6. The number of nitrogen functional groups attached to an aromatic ring is 1. The van der Waals surface area contributed by atoms with Gasteiger partial charge in [0.25, 0.3) is 0 Å². The third kappa shape index (κ3) is 3.55. The van der Waals surface area contributed by atoms with Crippen molar-refractivity contribution in [2.45, 2.75) is 39.0 Å². The number of fused-ring (bicyclic) bond motifs is 1. The van der Waals surface area contributed by atoms with Crippen LogP contribution in [0.3, 0.4) is 0 Å². The zero-order valence-electron chi connectivity index (χ0n) is 13.6. The summed E-state index contributed by atoms with van der Waals surface area (Å²) in [7, 11) is 0. The molecule has 1 atom stereocenters. The number of anilines is 2. The number of rotatable bonds is 6. The SMILES string of the molecule is CCCCOc1nc(N)c2c(n1)N(CC1CCCOC1)C(=O)C2. The molecular weight excluding hydrogens is 296 g/mol. The first kappa shape index (κ1) is 16.0. The molecule has 1 aromatic heterocycles. The molecule has 0 saturated carbocycles. The van der Waals surface area contributed by atoms with E-state index in [0.29, 0.717) is 37.3 Å². The van der Waals surface area contributed by atoms with Gasteiger partial charge in [0.15, 0.2) is 0 Å². The van der Waals surface area contributed by atoms with Gasteiger partial charge in [0, 0.05) is 24.6 Å². The van der Waals surface area contributed by atoms with Crippen LogP contribution in [0.15, 0.2) is 0 Å². The first-order valence-corrected chi connectivity index (χ1v) is 8.36. The molecule has 7 nitrogen and oxygen atoms in total. The first-order valence-electron chi connectivity index (χ1n) is 8.36. The fraction of sp³-hybridized carbons (Fsp3) is 0.688. The standard InChI is InChI=1S/C16H24N4O3/c1-2-3-7-23-16-18-14(17)12-8-13(21)20(15(12)19-16)9-11-5-4-6-22-10-11/h11H,2-10H2,1H3,(H2,17,18,19). The maximum absolute atomic E-state index is 12.3. The monoisotopic (exact) mass is 320 g/mol. The zero-order chi connectivity index (χ0) is 16.2. The highest BCUT2D eigenvalue weighted by Crippen LogP contribution is 2.33. The van der Waals surface area contributed by atoms with Gasteiger partial charge in [0.1, 0.15) is 11.6 Å². The van der Waals surface area contributed by atoms with Crippen LogP contribution in [-0.2, 0) is 16.0 Å². The van der Waals surface area contributed by atoms with Gasteiger partial charge in [0.05, 0.1) is 19.6 Å². The molecule has 1 aromatic rings. The molecule has 2 N–H and O–H groups in total. The van der Waals surface area contributed by atoms with Gasteiger partial charge in [0.2, 0.25) is 5.91 Å². The van der Waals surface area contributed by atoms with E-state index in [0.717, 1.165) is 37.9 Å². The summed E-state index contributed by atoms with van der Waals surface area (Å²) in [5.41, 5.74) is 6.72. The Kier molecular flexibility index (Phi) is 4.95. The number of carbonyl (C=O) groups is 1. The predicted molar refractivity (Wildman–Crippen MR) is 86.4 cm³/mol. The van der Waals surface area contributed by atoms with Gasteiger partial charge in [-0.15, -0.1) is 0 Å². The number of unbranched alkanes of at least 4 members (excludes halogenated alkanes) is 1. The number of carbonyl (C=O) groups excluding carboxylic acids is 1. The number of nitrogens with two attached hydrogens (primary N) is 1. The van der Waals surface area contributed by atoms with Crippen molar-refractivity contribution in [3.8, 4) is 6.01 Å². The average Bonchev–Trinajstić information content (AvgIpc) is 2.86. The summed E-state index contributed by atoms with van der Waals surface area (Å²) < 4.78 is 11.1. The molecule has 1 amide bonds. The van der Waals surface area contributed by atoms with Crippen molar-refractivity contribution in [3.63, 3.8) is 0 Å². The number of hydrogen-bond donors (Lipinski definition) is 1. The molecule has 0 aliphatic carbocycles. The Hall–Kier alpha value is -1.89. The lowest BCUT2D eigenvalue weighted by Gasteiger charge is -2.26. The third-order valence-corrected chi connectivity index (χ3v) is 4.31. The fourth-order valence-corrected chi connectivity index (χ4v) is 3.00. The Morgan fingerprint density at radius 1 is 1.43 bits per heavy atom. The third-order valence-electron chi connectivity index (χ3n) is 4.31. The second-order valence-corrected chi connectivity index (χ2v) is 6.16. The number of hydrogen-bond acceptors (Lipinski definition) is 6. The quantitative estimate of drug-likeness (QED) is 0.800. The summed E-state index contributed by atoms with van der Waals surface area (Å²) >= 11 is 0. The summed E-state index contributed by atoms with van der Waals surface area (Å²) in [5, 5.41) is 0. The number of aromatic nitrogens is 2. The van der Waals surface area contributed by atoms with Gasteiger partial charge in [-0.2, -0.15) is 9.97 Å². The average molecular weight is 320 g/mol. The van der Waals surface area contributed by atoms with Crippen LogP contribution in [0.5, 0.6) is 6.01 Å². The van der Waals surface area contributed by atoms with Gasteiger partial charge in [-0.05, 0) is 19.3 Å². The Bertz CT molecular complexity index is 573. The lowest BCUT2D eigenvalue weighted by molar-refractivity contribution is -0.117. The molecule has 0 spiro atoms. The van der Waals surface area contributed by atoms with Crippen molar-refractivity contribution in [3.05, 3.63) is 5.56 Å². The fourth-order valence-electron chi connectivity index (χ4n) is 3.00. The van der Waals surface area contributed by atoms with Crippen LogP contribution in [0.2, 0.25) is 0 Å². The van der Waals surface area contributed by atoms with Crippen LogP contribution in [0, 0.1) is 5.92 Å². The molecular formula is C16H24N4O3. The smallest absolute Gasteiger partial charge is 0.320 e. The molecule has 3 rings (SSSR count). The molecule has 0 bridgehead atoms. The largest absolute Gasteiger partial charge is 0.463 e. The highest BCUT2D eigenvalue weighted by molar-refractivity contribution is 6.01. The van der Waals surface area contributed by atoms with Crippen LogP contribution in [-0.4, -0.2) is 42.2 Å². The van der Waals surface area contributed by atoms with Crippen molar-refractivity contribution in [2.75, 3.05) is 37.0 Å². The number of nitrogens with zero attached hydrogens (tertiary/aromatic N) is 3. The van der Waals surface area contributed by atoms with Gasteiger partial charge in [-0.1, -0.05) is 13.3 Å². The highest BCUT2D eigenvalue weighted by Gasteiger charge is 2.34. The first-order chi connectivity index (χ1) is 11.2. The van der Waals surface area contributed by atoms with E-state index in [1.165, 1.54) is 0 Å². The molecule has 7 heteroatoms. The molecule has 3 heterocycles. The summed E-state index contributed by atoms with van der Waals surface area (Å²) in [6.45, 7) is 4.77. The molecule has 2 aliphatic heterocycles. The van der Waals surface area contributed by atoms with Crippen LogP contribution < -0.4 is 15.4 Å². The Morgan fingerprint density at radius 2 is 2.30 bits per heavy atom. The van der Waals surface area contributed by atoms with E-state index >= 15 is 0 Å². The van der Waals surface area contributed by atoms with E-state index in [4.69, 9.17) is 15.2 Å². The van der Waals surface area contributed by atoms with Crippen LogP contribution >= 0.6 is 0 Å². The van der Waals surface area contributed by atoms with Crippen molar-refractivity contribution < 1.29 is 14.3 Å². The summed E-state index contributed by atoms with van der Waals surface area (Å²) in [4.78, 5) is 22.7. The minimum absolute atomic E-state index is 0.0253. The molecule has 0 radical (unpaired) electrons. The predicted octanol–water partition coefficient (Wildman–Crippen LogP) is 1.55. The number of amides is 1. The van der Waals surface area contributed by atoms with Crippen molar-refractivity contribution in [1.82, 2.24) is 9.97 Å². The van der Waals surface area contributed by atoms with E-state index in [1.807, 2.05) is 0 Å².